The smallest absolute Gasteiger partial charge is 0.255 e. The molecule has 2 N–H and O–H groups in total. The predicted octanol–water partition coefficient (Wildman–Crippen LogP) is 1.86. The van der Waals surface area contributed by atoms with Crippen LogP contribution in [0.25, 0.3) is 0 Å². The molecule has 0 aliphatic carbocycles. The van der Waals surface area contributed by atoms with Gasteiger partial charge in [0.05, 0.1) is 14.2 Å². The van der Waals surface area contributed by atoms with Crippen molar-refractivity contribution in [1.82, 2.24) is 4.72 Å². The Bertz CT molecular complexity index is 832. The zero-order valence-corrected chi connectivity index (χ0v) is 14.3. The van der Waals surface area contributed by atoms with Crippen molar-refractivity contribution in [1.29, 1.82) is 0 Å². The summed E-state index contributed by atoms with van der Waals surface area (Å²) in [7, 11) is 0.453. The van der Waals surface area contributed by atoms with Crippen LogP contribution in [0.1, 0.15) is 10.4 Å². The Morgan fingerprint density at radius 3 is 2.21 bits per heavy atom. The van der Waals surface area contributed by atoms with E-state index in [1.54, 1.807) is 31.4 Å². The highest BCUT2D eigenvalue weighted by Gasteiger charge is 2.20. The minimum Gasteiger partial charge on any atom is -0.497 e. The summed E-state index contributed by atoms with van der Waals surface area (Å²) >= 11 is 0. The van der Waals surface area contributed by atoms with Crippen LogP contribution in [0.3, 0.4) is 0 Å². The standard InChI is InChI=1S/C16H18N2O5S/c1-17-24(20,21)15-10-11(4-9-14(15)23-3)16(19)18-12-5-7-13(22-2)8-6-12/h4-10,17H,1-3H3,(H,18,19). The van der Waals surface area contributed by atoms with E-state index in [0.717, 1.165) is 0 Å². The zero-order valence-electron chi connectivity index (χ0n) is 13.5. The van der Waals surface area contributed by atoms with Crippen molar-refractivity contribution in [3.05, 3.63) is 48.0 Å². The molecule has 0 aliphatic heterocycles. The van der Waals surface area contributed by atoms with Crippen LogP contribution in [0.4, 0.5) is 5.69 Å². The molecule has 0 aliphatic rings. The van der Waals surface area contributed by atoms with Gasteiger partial charge in [0, 0.05) is 11.3 Å². The Morgan fingerprint density at radius 1 is 1.00 bits per heavy atom. The van der Waals surface area contributed by atoms with Crippen molar-refractivity contribution >= 4 is 21.6 Å². The van der Waals surface area contributed by atoms with Gasteiger partial charge in [-0.15, -0.1) is 0 Å². The third-order valence-corrected chi connectivity index (χ3v) is 4.77. The number of anilines is 1. The van der Waals surface area contributed by atoms with E-state index < -0.39 is 15.9 Å². The fourth-order valence-electron chi connectivity index (χ4n) is 2.02. The van der Waals surface area contributed by atoms with Gasteiger partial charge in [0.15, 0.2) is 0 Å². The predicted molar refractivity (Wildman–Crippen MR) is 90.2 cm³/mol. The van der Waals surface area contributed by atoms with Gasteiger partial charge in [0.1, 0.15) is 16.4 Å². The van der Waals surface area contributed by atoms with Crippen molar-refractivity contribution in [2.45, 2.75) is 4.90 Å². The molecule has 0 atom stereocenters. The number of sulfonamides is 1. The lowest BCUT2D eigenvalue weighted by molar-refractivity contribution is 0.102. The molecule has 128 valence electrons. The second-order valence-corrected chi connectivity index (χ2v) is 6.61. The summed E-state index contributed by atoms with van der Waals surface area (Å²) in [5.41, 5.74) is 0.759. The molecule has 24 heavy (non-hydrogen) atoms. The Balaban J connectivity index is 2.30. The number of benzene rings is 2. The van der Waals surface area contributed by atoms with Crippen LogP contribution in [0, 0.1) is 0 Å². The number of carbonyl (C=O) groups is 1. The second kappa shape index (κ2) is 7.33. The van der Waals surface area contributed by atoms with Gasteiger partial charge in [0.2, 0.25) is 10.0 Å². The van der Waals surface area contributed by atoms with Gasteiger partial charge in [-0.2, -0.15) is 0 Å². The van der Waals surface area contributed by atoms with E-state index >= 15 is 0 Å². The summed E-state index contributed by atoms with van der Waals surface area (Å²) in [6, 6.07) is 11.0. The molecule has 2 aromatic carbocycles. The van der Waals surface area contributed by atoms with E-state index in [1.165, 1.54) is 32.4 Å². The maximum absolute atomic E-state index is 12.3. The van der Waals surface area contributed by atoms with Crippen LogP contribution in [-0.4, -0.2) is 35.6 Å². The van der Waals surface area contributed by atoms with E-state index in [2.05, 4.69) is 10.0 Å². The maximum Gasteiger partial charge on any atom is 0.255 e. The molecule has 2 aromatic rings. The number of methoxy groups -OCH3 is 2. The SMILES string of the molecule is CNS(=O)(=O)c1cc(C(=O)Nc2ccc(OC)cc2)ccc1OC. The first-order valence-electron chi connectivity index (χ1n) is 6.98. The minimum absolute atomic E-state index is 0.102. The molecule has 1 amide bonds. The fourth-order valence-corrected chi connectivity index (χ4v) is 2.93. The lowest BCUT2D eigenvalue weighted by Gasteiger charge is -2.11. The molecule has 0 aromatic heterocycles. The zero-order chi connectivity index (χ0) is 17.7. The van der Waals surface area contributed by atoms with Gasteiger partial charge < -0.3 is 14.8 Å². The summed E-state index contributed by atoms with van der Waals surface area (Å²) in [5.74, 6) is 0.389. The lowest BCUT2D eigenvalue weighted by Crippen LogP contribution is -2.20. The van der Waals surface area contributed by atoms with E-state index in [1.807, 2.05) is 0 Å². The van der Waals surface area contributed by atoms with Crippen LogP contribution >= 0.6 is 0 Å². The van der Waals surface area contributed by atoms with E-state index in [9.17, 15) is 13.2 Å². The molecule has 0 radical (unpaired) electrons. The molecule has 7 nitrogen and oxygen atoms in total. The summed E-state index contributed by atoms with van der Waals surface area (Å²) in [4.78, 5) is 12.2. The molecule has 0 saturated carbocycles. The second-order valence-electron chi connectivity index (χ2n) is 4.76. The topological polar surface area (TPSA) is 93.7 Å². The number of ether oxygens (including phenoxy) is 2. The van der Waals surface area contributed by atoms with E-state index in [-0.39, 0.29) is 16.2 Å². The van der Waals surface area contributed by atoms with Gasteiger partial charge in [-0.1, -0.05) is 0 Å². The van der Waals surface area contributed by atoms with Crippen LogP contribution < -0.4 is 19.5 Å². The minimum atomic E-state index is -3.75. The quantitative estimate of drug-likeness (QED) is 0.829. The molecular weight excluding hydrogens is 332 g/mol. The highest BCUT2D eigenvalue weighted by atomic mass is 32.2. The average Bonchev–Trinajstić information content (AvgIpc) is 2.61. The Labute approximate surface area is 140 Å². The first kappa shape index (κ1) is 17.8. The normalized spacial score (nSPS) is 11.0. The van der Waals surface area contributed by atoms with Gasteiger partial charge in [-0.3, -0.25) is 4.79 Å². The first-order valence-corrected chi connectivity index (χ1v) is 8.46. The molecule has 0 saturated heterocycles. The van der Waals surface area contributed by atoms with Crippen molar-refractivity contribution in [2.75, 3.05) is 26.6 Å². The molecule has 0 heterocycles. The molecule has 0 bridgehead atoms. The van der Waals surface area contributed by atoms with Gasteiger partial charge in [-0.25, -0.2) is 13.1 Å². The van der Waals surface area contributed by atoms with Crippen molar-refractivity contribution < 1.29 is 22.7 Å². The molecule has 0 spiro atoms. The van der Waals surface area contributed by atoms with Crippen molar-refractivity contribution in [3.63, 3.8) is 0 Å². The number of hydrogen-bond donors (Lipinski definition) is 2. The van der Waals surface area contributed by atoms with E-state index in [4.69, 9.17) is 9.47 Å². The van der Waals surface area contributed by atoms with Crippen molar-refractivity contribution in [2.24, 2.45) is 0 Å². The monoisotopic (exact) mass is 350 g/mol. The third-order valence-electron chi connectivity index (χ3n) is 3.33. The Kier molecular flexibility index (Phi) is 5.42. The summed E-state index contributed by atoms with van der Waals surface area (Å²) in [6.07, 6.45) is 0. The Hall–Kier alpha value is -2.58. The maximum atomic E-state index is 12.3. The third kappa shape index (κ3) is 3.84. The van der Waals surface area contributed by atoms with Gasteiger partial charge in [0.25, 0.3) is 5.91 Å². The largest absolute Gasteiger partial charge is 0.497 e. The summed E-state index contributed by atoms with van der Waals surface area (Å²) in [6.45, 7) is 0. The van der Waals surface area contributed by atoms with Crippen LogP contribution in [0.2, 0.25) is 0 Å². The number of amides is 1. The number of hydrogen-bond acceptors (Lipinski definition) is 5. The molecule has 0 unspecified atom stereocenters. The highest BCUT2D eigenvalue weighted by molar-refractivity contribution is 7.89. The van der Waals surface area contributed by atoms with Gasteiger partial charge >= 0.3 is 0 Å². The summed E-state index contributed by atoms with van der Waals surface area (Å²) < 4.78 is 36.4. The van der Waals surface area contributed by atoms with Gasteiger partial charge in [-0.05, 0) is 49.5 Å². The molecule has 8 heteroatoms. The molecule has 2 rings (SSSR count). The van der Waals surface area contributed by atoms with Crippen LogP contribution in [-0.2, 0) is 10.0 Å². The summed E-state index contributed by atoms with van der Waals surface area (Å²) in [5, 5.41) is 2.69. The molecule has 0 fully saturated rings. The Morgan fingerprint density at radius 2 is 1.67 bits per heavy atom. The number of rotatable bonds is 6. The number of carbonyl (C=O) groups excluding carboxylic acids is 1. The number of nitrogens with one attached hydrogen (secondary N) is 2. The van der Waals surface area contributed by atoms with Crippen molar-refractivity contribution in [3.8, 4) is 11.5 Å². The van der Waals surface area contributed by atoms with E-state index in [0.29, 0.717) is 11.4 Å². The highest BCUT2D eigenvalue weighted by Crippen LogP contribution is 2.25. The van der Waals surface area contributed by atoms with Crippen LogP contribution in [0.5, 0.6) is 11.5 Å². The van der Waals surface area contributed by atoms with Crippen LogP contribution in [0.15, 0.2) is 47.4 Å². The average molecular weight is 350 g/mol. The first-order chi connectivity index (χ1) is 11.4. The fraction of sp³-hybridized carbons (Fsp3) is 0.188. The molecular formula is C16H18N2O5S. The lowest BCUT2D eigenvalue weighted by atomic mass is 10.2.